The minimum atomic E-state index is -0.942. The average molecular weight is 272 g/mol. The minimum Gasteiger partial charge on any atom is -0.463 e. The molecule has 1 saturated carbocycles. The third-order valence-electron chi connectivity index (χ3n) is 3.40. The second-order valence-electron chi connectivity index (χ2n) is 5.18. The Morgan fingerprint density at radius 3 is 2.42 bits per heavy atom. The van der Waals surface area contributed by atoms with Crippen LogP contribution < -0.4 is 0 Å². The summed E-state index contributed by atoms with van der Waals surface area (Å²) >= 11 is 0. The molecule has 0 aromatic carbocycles. The number of aliphatic hydroxyl groups excluding tert-OH is 1. The van der Waals surface area contributed by atoms with Gasteiger partial charge in [-0.15, -0.1) is 0 Å². The molecule has 110 valence electrons. The van der Waals surface area contributed by atoms with Crippen LogP contribution in [0, 0.1) is 5.92 Å². The normalized spacial score (nSPS) is 17.8. The second-order valence-corrected chi connectivity index (χ2v) is 5.18. The highest BCUT2D eigenvalue weighted by atomic mass is 16.6. The van der Waals surface area contributed by atoms with Crippen molar-refractivity contribution >= 4 is 11.9 Å². The first kappa shape index (κ1) is 16.0. The van der Waals surface area contributed by atoms with E-state index in [1.165, 1.54) is 39.0 Å². The first-order chi connectivity index (χ1) is 9.08. The van der Waals surface area contributed by atoms with Gasteiger partial charge < -0.3 is 14.6 Å². The van der Waals surface area contributed by atoms with Gasteiger partial charge in [-0.1, -0.05) is 32.1 Å². The molecule has 5 nitrogen and oxygen atoms in total. The Hall–Kier alpha value is -1.10. The molecule has 0 aromatic rings. The molecular formula is C14H24O5. The first-order valence-corrected chi connectivity index (χ1v) is 7.05. The van der Waals surface area contributed by atoms with Crippen molar-refractivity contribution < 1.29 is 24.2 Å². The fourth-order valence-electron chi connectivity index (χ4n) is 2.32. The second kappa shape index (κ2) is 8.91. The summed E-state index contributed by atoms with van der Waals surface area (Å²) in [5.41, 5.74) is 0. The Morgan fingerprint density at radius 1 is 1.16 bits per heavy atom. The molecule has 1 aliphatic carbocycles. The van der Waals surface area contributed by atoms with Crippen LogP contribution in [0.5, 0.6) is 0 Å². The van der Waals surface area contributed by atoms with Crippen LogP contribution in [0.1, 0.15) is 51.9 Å². The first-order valence-electron chi connectivity index (χ1n) is 7.05. The molecule has 1 atom stereocenters. The zero-order valence-corrected chi connectivity index (χ0v) is 11.6. The van der Waals surface area contributed by atoms with Crippen LogP contribution in [0.4, 0.5) is 0 Å². The molecule has 1 rings (SSSR count). The fourth-order valence-corrected chi connectivity index (χ4v) is 2.32. The van der Waals surface area contributed by atoms with Crippen molar-refractivity contribution in [2.75, 3.05) is 13.2 Å². The Morgan fingerprint density at radius 2 is 1.79 bits per heavy atom. The summed E-state index contributed by atoms with van der Waals surface area (Å²) in [6, 6.07) is 0. The topological polar surface area (TPSA) is 72.8 Å². The fraction of sp³-hybridized carbons (Fsp3) is 0.857. The van der Waals surface area contributed by atoms with Crippen molar-refractivity contribution in [3.05, 3.63) is 0 Å². The van der Waals surface area contributed by atoms with E-state index in [-0.39, 0.29) is 19.2 Å². The lowest BCUT2D eigenvalue weighted by molar-refractivity contribution is -0.151. The Labute approximate surface area is 114 Å². The smallest absolute Gasteiger partial charge is 0.305 e. The number of rotatable bonds is 7. The van der Waals surface area contributed by atoms with Gasteiger partial charge in [-0.2, -0.15) is 0 Å². The highest BCUT2D eigenvalue weighted by Gasteiger charge is 2.16. The van der Waals surface area contributed by atoms with Crippen LogP contribution in [-0.4, -0.2) is 36.4 Å². The molecule has 0 saturated heterocycles. The molecule has 0 aliphatic heterocycles. The number of esters is 2. The quantitative estimate of drug-likeness (QED) is 0.716. The summed E-state index contributed by atoms with van der Waals surface area (Å²) in [5, 5.41) is 9.41. The van der Waals surface area contributed by atoms with Gasteiger partial charge in [0.1, 0.15) is 19.3 Å². The van der Waals surface area contributed by atoms with E-state index in [9.17, 15) is 14.7 Å². The third-order valence-corrected chi connectivity index (χ3v) is 3.40. The molecular weight excluding hydrogens is 248 g/mol. The van der Waals surface area contributed by atoms with Crippen LogP contribution in [-0.2, 0) is 19.1 Å². The van der Waals surface area contributed by atoms with Gasteiger partial charge in [0.15, 0.2) is 0 Å². The van der Waals surface area contributed by atoms with Crippen molar-refractivity contribution in [2.24, 2.45) is 5.92 Å². The SMILES string of the molecule is CC(=O)OCC(O)COC(=O)CCC1CCCCC1. The highest BCUT2D eigenvalue weighted by Crippen LogP contribution is 2.27. The van der Waals surface area contributed by atoms with Crippen LogP contribution in [0.2, 0.25) is 0 Å². The number of hydrogen-bond acceptors (Lipinski definition) is 5. The molecule has 0 heterocycles. The summed E-state index contributed by atoms with van der Waals surface area (Å²) in [4.78, 5) is 22.0. The number of aliphatic hydroxyl groups is 1. The van der Waals surface area contributed by atoms with Gasteiger partial charge in [0.05, 0.1) is 0 Å². The van der Waals surface area contributed by atoms with Crippen molar-refractivity contribution in [3.63, 3.8) is 0 Å². The van der Waals surface area contributed by atoms with Crippen molar-refractivity contribution in [1.29, 1.82) is 0 Å². The zero-order chi connectivity index (χ0) is 14.1. The summed E-state index contributed by atoms with van der Waals surface area (Å²) in [6.07, 6.45) is 6.60. The van der Waals surface area contributed by atoms with Gasteiger partial charge >= 0.3 is 11.9 Å². The Kier molecular flexibility index (Phi) is 7.48. The van der Waals surface area contributed by atoms with Gasteiger partial charge in [0.25, 0.3) is 0 Å². The largest absolute Gasteiger partial charge is 0.463 e. The Bertz CT molecular complexity index is 284. The lowest BCUT2D eigenvalue weighted by Gasteiger charge is -2.20. The minimum absolute atomic E-state index is 0.114. The molecule has 1 fully saturated rings. The van der Waals surface area contributed by atoms with E-state index >= 15 is 0 Å². The van der Waals surface area contributed by atoms with Crippen LogP contribution in [0.15, 0.2) is 0 Å². The summed E-state index contributed by atoms with van der Waals surface area (Å²) < 4.78 is 9.56. The van der Waals surface area contributed by atoms with E-state index in [1.54, 1.807) is 0 Å². The third kappa shape index (κ3) is 7.82. The summed E-state index contributed by atoms with van der Waals surface area (Å²) in [6.45, 7) is 1.02. The number of carbonyl (C=O) groups is 2. The molecule has 1 aliphatic rings. The van der Waals surface area contributed by atoms with Gasteiger partial charge in [0, 0.05) is 13.3 Å². The van der Waals surface area contributed by atoms with E-state index in [2.05, 4.69) is 4.74 Å². The predicted octanol–water partition coefficient (Wildman–Crippen LogP) is 1.81. The van der Waals surface area contributed by atoms with E-state index in [0.717, 1.165) is 6.42 Å². The van der Waals surface area contributed by atoms with Gasteiger partial charge in [0.2, 0.25) is 0 Å². The molecule has 19 heavy (non-hydrogen) atoms. The van der Waals surface area contributed by atoms with Crippen molar-refractivity contribution in [1.82, 2.24) is 0 Å². The molecule has 0 amide bonds. The lowest BCUT2D eigenvalue weighted by atomic mass is 9.86. The molecule has 1 unspecified atom stereocenters. The van der Waals surface area contributed by atoms with Crippen LogP contribution in [0.3, 0.4) is 0 Å². The molecule has 0 radical (unpaired) electrons. The Balaban J connectivity index is 2.05. The van der Waals surface area contributed by atoms with E-state index < -0.39 is 12.1 Å². The van der Waals surface area contributed by atoms with Crippen molar-refractivity contribution in [3.8, 4) is 0 Å². The number of hydrogen-bond donors (Lipinski definition) is 1. The average Bonchev–Trinajstić information content (AvgIpc) is 2.41. The summed E-state index contributed by atoms with van der Waals surface area (Å²) in [7, 11) is 0. The number of carbonyl (C=O) groups excluding carboxylic acids is 2. The highest BCUT2D eigenvalue weighted by molar-refractivity contribution is 5.69. The van der Waals surface area contributed by atoms with Gasteiger partial charge in [-0.3, -0.25) is 9.59 Å². The van der Waals surface area contributed by atoms with E-state index in [1.807, 2.05) is 0 Å². The van der Waals surface area contributed by atoms with Crippen LogP contribution in [0.25, 0.3) is 0 Å². The van der Waals surface area contributed by atoms with Crippen molar-refractivity contribution in [2.45, 2.75) is 58.0 Å². The van der Waals surface area contributed by atoms with E-state index in [0.29, 0.717) is 12.3 Å². The molecule has 0 aromatic heterocycles. The predicted molar refractivity (Wildman–Crippen MR) is 69.4 cm³/mol. The standard InChI is InChI=1S/C14H24O5/c1-11(15)18-9-13(16)10-19-14(17)8-7-12-5-3-2-4-6-12/h12-13,16H,2-10H2,1H3. The van der Waals surface area contributed by atoms with E-state index in [4.69, 9.17) is 4.74 Å². The molecule has 1 N–H and O–H groups in total. The zero-order valence-electron chi connectivity index (χ0n) is 11.6. The maximum atomic E-state index is 11.5. The molecule has 0 spiro atoms. The molecule has 0 bridgehead atoms. The maximum absolute atomic E-state index is 11.5. The lowest BCUT2D eigenvalue weighted by Crippen LogP contribution is -2.25. The maximum Gasteiger partial charge on any atom is 0.305 e. The summed E-state index contributed by atoms with van der Waals surface area (Å²) in [5.74, 6) is -0.0950. The van der Waals surface area contributed by atoms with Gasteiger partial charge in [-0.25, -0.2) is 0 Å². The monoisotopic (exact) mass is 272 g/mol. The number of ether oxygens (including phenoxy) is 2. The van der Waals surface area contributed by atoms with Crippen LogP contribution >= 0.6 is 0 Å². The molecule has 5 heteroatoms. The van der Waals surface area contributed by atoms with Gasteiger partial charge in [-0.05, 0) is 12.3 Å².